The summed E-state index contributed by atoms with van der Waals surface area (Å²) in [4.78, 5) is 23.1. The van der Waals surface area contributed by atoms with E-state index >= 15 is 0 Å². The third-order valence-electron chi connectivity index (χ3n) is 3.36. The van der Waals surface area contributed by atoms with E-state index in [1.807, 2.05) is 0 Å². The Labute approximate surface area is 150 Å². The number of hydrogen-bond donors (Lipinski definition) is 4. The maximum atomic E-state index is 12.4. The lowest BCUT2D eigenvalue weighted by molar-refractivity contribution is -0.117. The topological polar surface area (TPSA) is 156 Å². The fourth-order valence-corrected chi connectivity index (χ4v) is 3.80. The number of anilines is 2. The van der Waals surface area contributed by atoms with Crippen LogP contribution in [0.1, 0.15) is 18.4 Å². The van der Waals surface area contributed by atoms with Crippen LogP contribution >= 0.6 is 0 Å². The summed E-state index contributed by atoms with van der Waals surface area (Å²) in [7, 11) is -3.98. The lowest BCUT2D eigenvalue weighted by atomic mass is 10.2. The van der Waals surface area contributed by atoms with Gasteiger partial charge in [0.1, 0.15) is 10.6 Å². The molecule has 2 rings (SSSR count). The number of rotatable bonds is 6. The lowest BCUT2D eigenvalue weighted by Crippen LogP contribution is -2.41. The number of sulfonamides is 1. The van der Waals surface area contributed by atoms with Crippen molar-refractivity contribution in [1.29, 1.82) is 0 Å². The molecule has 26 heavy (non-hydrogen) atoms. The zero-order chi connectivity index (χ0) is 19.5. The Balaban J connectivity index is 2.09. The summed E-state index contributed by atoms with van der Waals surface area (Å²) in [6.07, 6.45) is 0. The molecule has 0 radical (unpaired) electrons. The molecule has 1 atom stereocenters. The van der Waals surface area contributed by atoms with E-state index in [9.17, 15) is 18.0 Å². The minimum absolute atomic E-state index is 0.0928. The Morgan fingerprint density at radius 3 is 2.35 bits per heavy atom. The average Bonchev–Trinajstić information content (AvgIpc) is 2.86. The summed E-state index contributed by atoms with van der Waals surface area (Å²) in [5, 5.41) is 8.53. The largest absolute Gasteiger partial charge is 0.360 e. The molecule has 5 N–H and O–H groups in total. The molecule has 0 aliphatic heterocycles. The number of nitrogens with zero attached hydrogens (tertiary/aromatic N) is 1. The van der Waals surface area contributed by atoms with Gasteiger partial charge in [0.15, 0.2) is 5.76 Å². The van der Waals surface area contributed by atoms with Crippen molar-refractivity contribution >= 4 is 33.3 Å². The molecule has 10 nitrogen and oxygen atoms in total. The van der Waals surface area contributed by atoms with Crippen LogP contribution in [0.4, 0.5) is 16.2 Å². The van der Waals surface area contributed by atoms with Crippen molar-refractivity contribution in [3.8, 4) is 0 Å². The van der Waals surface area contributed by atoms with Crippen LogP contribution in [-0.2, 0) is 14.8 Å². The predicted molar refractivity (Wildman–Crippen MR) is 94.0 cm³/mol. The molecule has 0 saturated carbocycles. The summed E-state index contributed by atoms with van der Waals surface area (Å²) in [5.74, 6) is -0.454. The van der Waals surface area contributed by atoms with Crippen molar-refractivity contribution in [3.63, 3.8) is 0 Å². The third-order valence-corrected chi connectivity index (χ3v) is 5.14. The Hall–Kier alpha value is -2.92. The number of urea groups is 1. The number of carbonyl (C=O) groups is 2. The highest BCUT2D eigenvalue weighted by atomic mass is 32.2. The molecule has 0 aliphatic carbocycles. The molecule has 0 spiro atoms. The highest BCUT2D eigenvalue weighted by Gasteiger charge is 2.28. The standard InChI is InChI=1S/C15H19N5O5S/c1-8-13(10(3)25-19-8)26(23,24)20-9(2)14(21)17-11-5-4-6-12(7-11)18-15(16)22/h4-7,9,20H,1-3H3,(H,17,21)(H3,16,18,22)/t9-/m0/s1. The minimum Gasteiger partial charge on any atom is -0.360 e. The summed E-state index contributed by atoms with van der Waals surface area (Å²) >= 11 is 0. The van der Waals surface area contributed by atoms with Crippen LogP contribution in [0.5, 0.6) is 0 Å². The molecule has 0 unspecified atom stereocenters. The van der Waals surface area contributed by atoms with E-state index in [0.717, 1.165) is 0 Å². The van der Waals surface area contributed by atoms with Crippen molar-refractivity contribution < 1.29 is 22.5 Å². The molecule has 0 fully saturated rings. The van der Waals surface area contributed by atoms with Crippen molar-refractivity contribution in [1.82, 2.24) is 9.88 Å². The fraction of sp³-hybridized carbons (Fsp3) is 0.267. The Morgan fingerprint density at radius 1 is 1.19 bits per heavy atom. The first-order valence-corrected chi connectivity index (χ1v) is 9.01. The zero-order valence-corrected chi connectivity index (χ0v) is 15.2. The first-order chi connectivity index (χ1) is 12.1. The quantitative estimate of drug-likeness (QED) is 0.586. The van der Waals surface area contributed by atoms with E-state index in [4.69, 9.17) is 10.3 Å². The summed E-state index contributed by atoms with van der Waals surface area (Å²) in [6, 6.07) is 4.44. The van der Waals surface area contributed by atoms with Crippen LogP contribution in [0.3, 0.4) is 0 Å². The van der Waals surface area contributed by atoms with Crippen molar-refractivity contribution in [2.75, 3.05) is 10.6 Å². The molecule has 0 aliphatic rings. The van der Waals surface area contributed by atoms with Crippen LogP contribution in [0.15, 0.2) is 33.7 Å². The van der Waals surface area contributed by atoms with E-state index in [-0.39, 0.29) is 16.3 Å². The van der Waals surface area contributed by atoms with Gasteiger partial charge >= 0.3 is 6.03 Å². The normalized spacial score (nSPS) is 12.4. The summed E-state index contributed by atoms with van der Waals surface area (Å²) in [5.41, 5.74) is 5.99. The first-order valence-electron chi connectivity index (χ1n) is 7.52. The highest BCUT2D eigenvalue weighted by molar-refractivity contribution is 7.89. The molecule has 1 heterocycles. The van der Waals surface area contributed by atoms with Crippen LogP contribution in [0.25, 0.3) is 0 Å². The van der Waals surface area contributed by atoms with E-state index in [2.05, 4.69) is 20.5 Å². The maximum absolute atomic E-state index is 12.4. The van der Waals surface area contributed by atoms with Gasteiger partial charge in [0, 0.05) is 11.4 Å². The minimum atomic E-state index is -3.98. The van der Waals surface area contributed by atoms with Crippen LogP contribution < -0.4 is 21.1 Å². The van der Waals surface area contributed by atoms with Gasteiger partial charge in [0.25, 0.3) is 0 Å². The van der Waals surface area contributed by atoms with Gasteiger partial charge < -0.3 is 20.9 Å². The number of aryl methyl sites for hydroxylation is 2. The van der Waals surface area contributed by atoms with Gasteiger partial charge in [0.05, 0.1) is 6.04 Å². The number of amides is 3. The maximum Gasteiger partial charge on any atom is 0.316 e. The van der Waals surface area contributed by atoms with Gasteiger partial charge in [-0.25, -0.2) is 13.2 Å². The second kappa shape index (κ2) is 7.54. The summed E-state index contributed by atoms with van der Waals surface area (Å²) < 4.78 is 32.0. The van der Waals surface area contributed by atoms with Crippen LogP contribution in [-0.4, -0.2) is 31.6 Å². The number of nitrogens with two attached hydrogens (primary N) is 1. The number of hydrogen-bond acceptors (Lipinski definition) is 6. The fourth-order valence-electron chi connectivity index (χ4n) is 2.27. The molecule has 11 heteroatoms. The second-order valence-electron chi connectivity index (χ2n) is 5.56. The number of primary amides is 1. The zero-order valence-electron chi connectivity index (χ0n) is 14.4. The van der Waals surface area contributed by atoms with Crippen LogP contribution in [0, 0.1) is 13.8 Å². The second-order valence-corrected chi connectivity index (χ2v) is 7.21. The Morgan fingerprint density at radius 2 is 1.81 bits per heavy atom. The smallest absolute Gasteiger partial charge is 0.316 e. The van der Waals surface area contributed by atoms with Gasteiger partial charge in [-0.05, 0) is 39.0 Å². The monoisotopic (exact) mass is 381 g/mol. The Bertz CT molecular complexity index is 918. The van der Waals surface area contributed by atoms with Gasteiger partial charge in [-0.1, -0.05) is 11.2 Å². The molecule has 3 amide bonds. The summed E-state index contributed by atoms with van der Waals surface area (Å²) in [6.45, 7) is 4.36. The van der Waals surface area contributed by atoms with Crippen LogP contribution in [0.2, 0.25) is 0 Å². The van der Waals surface area contributed by atoms with E-state index in [1.54, 1.807) is 18.2 Å². The van der Waals surface area contributed by atoms with Crippen molar-refractivity contribution in [2.45, 2.75) is 31.7 Å². The van der Waals surface area contributed by atoms with E-state index in [1.165, 1.54) is 26.8 Å². The van der Waals surface area contributed by atoms with E-state index in [0.29, 0.717) is 11.4 Å². The number of aromatic nitrogens is 1. The molecule has 140 valence electrons. The van der Waals surface area contributed by atoms with Gasteiger partial charge in [0.2, 0.25) is 15.9 Å². The predicted octanol–water partition coefficient (Wildman–Crippen LogP) is 1.09. The average molecular weight is 381 g/mol. The van der Waals surface area contributed by atoms with Gasteiger partial charge in [-0.2, -0.15) is 4.72 Å². The Kier molecular flexibility index (Phi) is 5.63. The lowest BCUT2D eigenvalue weighted by Gasteiger charge is -2.15. The molecule has 0 bridgehead atoms. The third kappa shape index (κ3) is 4.58. The molecule has 2 aromatic rings. The molecule has 0 saturated heterocycles. The van der Waals surface area contributed by atoms with E-state index < -0.39 is 28.0 Å². The van der Waals surface area contributed by atoms with Gasteiger partial charge in [-0.15, -0.1) is 0 Å². The SMILES string of the molecule is Cc1noc(C)c1S(=O)(=O)N[C@@H](C)C(=O)Nc1cccc(NC(N)=O)c1. The van der Waals surface area contributed by atoms with Crippen molar-refractivity contribution in [3.05, 3.63) is 35.7 Å². The first kappa shape index (κ1) is 19.4. The highest BCUT2D eigenvalue weighted by Crippen LogP contribution is 2.19. The molecule has 1 aromatic heterocycles. The molecule has 1 aromatic carbocycles. The van der Waals surface area contributed by atoms with Gasteiger partial charge in [-0.3, -0.25) is 4.79 Å². The molecular formula is C15H19N5O5S. The number of benzene rings is 1. The molecular weight excluding hydrogens is 362 g/mol. The number of carbonyl (C=O) groups excluding carboxylic acids is 2. The number of nitrogens with one attached hydrogen (secondary N) is 3. The van der Waals surface area contributed by atoms with Crippen molar-refractivity contribution in [2.24, 2.45) is 5.73 Å².